The maximum Gasteiger partial charge on any atom is 0.251 e. The maximum absolute atomic E-state index is 13.2. The summed E-state index contributed by atoms with van der Waals surface area (Å²) in [7, 11) is -1.91. The van der Waals surface area contributed by atoms with Crippen molar-refractivity contribution in [3.63, 3.8) is 0 Å². The first kappa shape index (κ1) is 26.5. The zero-order chi connectivity index (χ0) is 27.0. The molecule has 0 radical (unpaired) electrons. The van der Waals surface area contributed by atoms with Crippen LogP contribution in [-0.2, 0) is 16.6 Å². The molecule has 0 bridgehead atoms. The third-order valence-electron chi connectivity index (χ3n) is 6.61. The molecule has 0 saturated carbocycles. The van der Waals surface area contributed by atoms with Gasteiger partial charge in [-0.15, -0.1) is 0 Å². The highest BCUT2D eigenvalue weighted by Gasteiger charge is 2.35. The molecule has 1 N–H and O–H groups in total. The summed E-state index contributed by atoms with van der Waals surface area (Å²) in [6.45, 7) is 7.97. The van der Waals surface area contributed by atoms with E-state index in [2.05, 4.69) is 5.32 Å². The normalized spacial score (nSPS) is 16.3. The number of aryl methyl sites for hydroxylation is 2. The van der Waals surface area contributed by atoms with Crippen LogP contribution in [0.25, 0.3) is 0 Å². The van der Waals surface area contributed by atoms with Crippen molar-refractivity contribution in [2.24, 2.45) is 0 Å². The number of fused-ring (bicyclic) bond motifs is 1. The van der Waals surface area contributed by atoms with Gasteiger partial charge in [0.1, 0.15) is 17.1 Å². The summed E-state index contributed by atoms with van der Waals surface area (Å²) in [5.41, 5.74) is 4.17. The van der Waals surface area contributed by atoms with E-state index in [0.717, 1.165) is 28.0 Å². The van der Waals surface area contributed by atoms with Gasteiger partial charge in [0.25, 0.3) is 5.91 Å². The number of hydrogen-bond donors (Lipinski definition) is 1. The van der Waals surface area contributed by atoms with Gasteiger partial charge in [-0.05, 0) is 74.7 Å². The summed E-state index contributed by atoms with van der Waals surface area (Å²) in [4.78, 5) is 13.2. The quantitative estimate of drug-likeness (QED) is 0.455. The van der Waals surface area contributed by atoms with Crippen molar-refractivity contribution in [3.05, 3.63) is 88.5 Å². The van der Waals surface area contributed by atoms with Gasteiger partial charge in [-0.1, -0.05) is 30.3 Å². The molecule has 0 spiro atoms. The number of ether oxygens (including phenoxy) is 2. The fraction of sp³-hybridized carbons (Fsp3) is 0.345. The van der Waals surface area contributed by atoms with Crippen molar-refractivity contribution in [1.29, 1.82) is 0 Å². The lowest BCUT2D eigenvalue weighted by Crippen LogP contribution is -2.41. The predicted molar refractivity (Wildman–Crippen MR) is 146 cm³/mol. The number of sulfonamides is 1. The highest BCUT2D eigenvalue weighted by molar-refractivity contribution is 7.92. The fourth-order valence-electron chi connectivity index (χ4n) is 4.82. The molecule has 0 aliphatic carbocycles. The Morgan fingerprint density at radius 1 is 1.08 bits per heavy atom. The number of hydrogen-bond acceptors (Lipinski definition) is 5. The van der Waals surface area contributed by atoms with Crippen molar-refractivity contribution in [2.75, 3.05) is 17.7 Å². The highest BCUT2D eigenvalue weighted by atomic mass is 32.2. The summed E-state index contributed by atoms with van der Waals surface area (Å²) in [5.74, 6) is 1.22. The van der Waals surface area contributed by atoms with Crippen molar-refractivity contribution < 1.29 is 22.7 Å². The average Bonchev–Trinajstić information content (AvgIpc) is 2.82. The zero-order valence-corrected chi connectivity index (χ0v) is 23.0. The first-order chi connectivity index (χ1) is 17.4. The van der Waals surface area contributed by atoms with Crippen LogP contribution in [0.3, 0.4) is 0 Å². The second-order valence-corrected chi connectivity index (χ2v) is 12.1. The molecule has 8 heteroatoms. The van der Waals surface area contributed by atoms with Gasteiger partial charge in [0, 0.05) is 17.5 Å². The van der Waals surface area contributed by atoms with Gasteiger partial charge in [0.05, 0.1) is 31.6 Å². The van der Waals surface area contributed by atoms with Gasteiger partial charge in [0.2, 0.25) is 10.0 Å². The molecule has 4 rings (SSSR count). The Balaban J connectivity index is 1.55. The Labute approximate surface area is 219 Å². The molecule has 7 nitrogen and oxygen atoms in total. The monoisotopic (exact) mass is 522 g/mol. The molecule has 1 atom stereocenters. The van der Waals surface area contributed by atoms with Crippen LogP contribution in [0.1, 0.15) is 58.9 Å². The molecular formula is C29H34N2O5S. The molecule has 37 heavy (non-hydrogen) atoms. The molecule has 1 heterocycles. The summed E-state index contributed by atoms with van der Waals surface area (Å²) in [6.07, 6.45) is 1.82. The van der Waals surface area contributed by atoms with E-state index >= 15 is 0 Å². The minimum absolute atomic E-state index is 0.174. The molecule has 1 aliphatic rings. The number of anilines is 1. The Bertz CT molecular complexity index is 1390. The van der Waals surface area contributed by atoms with Gasteiger partial charge < -0.3 is 14.8 Å². The lowest BCUT2D eigenvalue weighted by atomic mass is 9.89. The Kier molecular flexibility index (Phi) is 7.24. The molecule has 196 valence electrons. The number of benzene rings is 3. The van der Waals surface area contributed by atoms with Crippen LogP contribution in [-0.4, -0.2) is 33.3 Å². The molecule has 1 amide bonds. The van der Waals surface area contributed by atoms with Gasteiger partial charge in [-0.25, -0.2) is 8.42 Å². The minimum Gasteiger partial charge on any atom is -0.497 e. The molecule has 0 saturated heterocycles. The number of nitrogens with zero attached hydrogens (tertiary/aromatic N) is 1. The maximum atomic E-state index is 13.2. The fourth-order valence-corrected chi connectivity index (χ4v) is 5.82. The Morgan fingerprint density at radius 2 is 1.73 bits per heavy atom. The van der Waals surface area contributed by atoms with Crippen LogP contribution < -0.4 is 19.1 Å². The topological polar surface area (TPSA) is 84.9 Å². The van der Waals surface area contributed by atoms with Crippen LogP contribution in [0.4, 0.5) is 5.69 Å². The number of rotatable bonds is 7. The third-order valence-corrected chi connectivity index (χ3v) is 7.72. The second kappa shape index (κ2) is 10.1. The third kappa shape index (κ3) is 5.91. The summed E-state index contributed by atoms with van der Waals surface area (Å²) >= 11 is 0. The van der Waals surface area contributed by atoms with E-state index in [9.17, 15) is 13.2 Å². The largest absolute Gasteiger partial charge is 0.497 e. The number of methoxy groups -OCH3 is 1. The number of carbonyl (C=O) groups is 1. The minimum atomic E-state index is -3.52. The molecular weight excluding hydrogens is 488 g/mol. The van der Waals surface area contributed by atoms with Crippen molar-refractivity contribution >= 4 is 21.6 Å². The van der Waals surface area contributed by atoms with Gasteiger partial charge in [-0.3, -0.25) is 9.10 Å². The summed E-state index contributed by atoms with van der Waals surface area (Å²) in [5, 5.41) is 3.14. The zero-order valence-electron chi connectivity index (χ0n) is 22.2. The first-order valence-electron chi connectivity index (χ1n) is 12.2. The SMILES string of the molecule is COc1ccc2c(c1)[C@@H](NC(=O)c1ccc(CN(c3c(C)cccc3C)S(C)(=O)=O)cc1)CC(C)(C)O2. The molecule has 0 fully saturated rings. The van der Waals surface area contributed by atoms with Crippen molar-refractivity contribution in [3.8, 4) is 11.5 Å². The van der Waals surface area contributed by atoms with Gasteiger partial charge in [-0.2, -0.15) is 0 Å². The van der Waals surface area contributed by atoms with Crippen LogP contribution in [0.15, 0.2) is 60.7 Å². The van der Waals surface area contributed by atoms with Crippen molar-refractivity contribution in [1.82, 2.24) is 5.32 Å². The lowest BCUT2D eigenvalue weighted by Gasteiger charge is -2.38. The van der Waals surface area contributed by atoms with Crippen LogP contribution >= 0.6 is 0 Å². The Morgan fingerprint density at radius 3 is 2.32 bits per heavy atom. The second-order valence-electron chi connectivity index (χ2n) is 10.2. The standard InChI is InChI=1S/C29H34N2O5S/c1-19-8-7-9-20(2)27(19)31(37(6,33)34)18-21-10-12-22(13-11-21)28(32)30-25-17-29(3,4)36-26-15-14-23(35-5)16-24(25)26/h7-16,25H,17-18H2,1-6H3,(H,30,32)/t25-/m0/s1. The van der Waals surface area contributed by atoms with E-state index in [-0.39, 0.29) is 18.5 Å². The molecule has 3 aromatic rings. The smallest absolute Gasteiger partial charge is 0.251 e. The average molecular weight is 523 g/mol. The van der Waals surface area contributed by atoms with Crippen molar-refractivity contribution in [2.45, 2.75) is 52.3 Å². The van der Waals surface area contributed by atoms with E-state index < -0.39 is 15.6 Å². The number of nitrogens with one attached hydrogen (secondary N) is 1. The molecule has 0 aromatic heterocycles. The van der Waals surface area contributed by atoms with E-state index in [1.54, 1.807) is 31.4 Å². The van der Waals surface area contributed by atoms with Crippen LogP contribution in [0, 0.1) is 13.8 Å². The van der Waals surface area contributed by atoms with Gasteiger partial charge in [0.15, 0.2) is 0 Å². The predicted octanol–water partition coefficient (Wildman–Crippen LogP) is 5.31. The number of para-hydroxylation sites is 1. The Hall–Kier alpha value is -3.52. The van der Waals surface area contributed by atoms with Gasteiger partial charge >= 0.3 is 0 Å². The van der Waals surface area contributed by atoms with E-state index in [1.807, 2.05) is 64.1 Å². The van der Waals surface area contributed by atoms with Crippen LogP contribution in [0.2, 0.25) is 0 Å². The first-order valence-corrected chi connectivity index (χ1v) is 14.0. The highest BCUT2D eigenvalue weighted by Crippen LogP contribution is 2.41. The summed E-state index contributed by atoms with van der Waals surface area (Å²) < 4.78 is 38.3. The van der Waals surface area contributed by atoms with Crippen LogP contribution in [0.5, 0.6) is 11.5 Å². The number of amides is 1. The summed E-state index contributed by atoms with van der Waals surface area (Å²) in [6, 6.07) is 18.1. The lowest BCUT2D eigenvalue weighted by molar-refractivity contribution is 0.0618. The molecule has 0 unspecified atom stereocenters. The molecule has 3 aromatic carbocycles. The van der Waals surface area contributed by atoms with E-state index in [1.165, 1.54) is 10.6 Å². The van der Waals surface area contributed by atoms with E-state index in [4.69, 9.17) is 9.47 Å². The number of carbonyl (C=O) groups excluding carboxylic acids is 1. The molecule has 1 aliphatic heterocycles. The van der Waals surface area contributed by atoms with E-state index in [0.29, 0.717) is 23.4 Å².